The number of methoxy groups -OCH3 is 1. The van der Waals surface area contributed by atoms with Crippen molar-refractivity contribution in [3.8, 4) is 5.75 Å². The quantitative estimate of drug-likeness (QED) is 0.870. The van der Waals surface area contributed by atoms with Crippen LogP contribution in [0.4, 0.5) is 5.69 Å². The van der Waals surface area contributed by atoms with Crippen LogP contribution in [0.15, 0.2) is 39.4 Å². The van der Waals surface area contributed by atoms with Crippen LogP contribution >= 0.6 is 15.9 Å². The van der Waals surface area contributed by atoms with Crippen molar-refractivity contribution in [2.75, 3.05) is 19.9 Å². The Kier molecular flexibility index (Phi) is 4.34. The molecule has 0 unspecified atom stereocenters. The number of amides is 1. The summed E-state index contributed by atoms with van der Waals surface area (Å²) in [5, 5.41) is 0. The molecule has 0 aliphatic carbocycles. The summed E-state index contributed by atoms with van der Waals surface area (Å²) in [6, 6.07) is 8.58. The maximum Gasteiger partial charge on any atom is 0.254 e. The molecule has 0 fully saturated rings. The highest BCUT2D eigenvalue weighted by atomic mass is 79.9. The predicted octanol–water partition coefficient (Wildman–Crippen LogP) is 2.91. The van der Waals surface area contributed by atoms with Crippen molar-refractivity contribution in [2.45, 2.75) is 6.54 Å². The fourth-order valence-corrected chi connectivity index (χ4v) is 2.17. The Morgan fingerprint density at radius 1 is 1.40 bits per heavy atom. The molecule has 6 heteroatoms. The third kappa shape index (κ3) is 3.14. The Balaban J connectivity index is 2.12. The van der Waals surface area contributed by atoms with Crippen molar-refractivity contribution in [2.24, 2.45) is 0 Å². The highest BCUT2D eigenvalue weighted by molar-refractivity contribution is 9.10. The standard InChI is InChI=1S/C14H15BrN2O3/c1-17(8-10-4-6-13(15)20-10)14(18)9-3-5-12(19-2)11(16)7-9/h3-7H,8,16H2,1-2H3. The summed E-state index contributed by atoms with van der Waals surface area (Å²) in [7, 11) is 3.24. The van der Waals surface area contributed by atoms with Crippen LogP contribution < -0.4 is 10.5 Å². The molecule has 1 aromatic heterocycles. The van der Waals surface area contributed by atoms with Gasteiger partial charge in [-0.05, 0) is 46.3 Å². The molecular formula is C14H15BrN2O3. The molecule has 1 heterocycles. The number of hydrogen-bond acceptors (Lipinski definition) is 4. The molecule has 0 aliphatic rings. The van der Waals surface area contributed by atoms with Crippen LogP contribution in [-0.4, -0.2) is 25.0 Å². The molecule has 1 amide bonds. The van der Waals surface area contributed by atoms with Crippen LogP contribution in [0.2, 0.25) is 0 Å². The minimum absolute atomic E-state index is 0.133. The highest BCUT2D eigenvalue weighted by Gasteiger charge is 2.15. The second-order valence-corrected chi connectivity index (χ2v) is 5.11. The molecule has 0 radical (unpaired) electrons. The molecule has 2 aromatic rings. The van der Waals surface area contributed by atoms with Crippen molar-refractivity contribution in [1.82, 2.24) is 4.90 Å². The van der Waals surface area contributed by atoms with Gasteiger partial charge in [0.25, 0.3) is 5.91 Å². The number of halogens is 1. The molecule has 5 nitrogen and oxygen atoms in total. The van der Waals surface area contributed by atoms with Crippen molar-refractivity contribution in [3.63, 3.8) is 0 Å². The van der Waals surface area contributed by atoms with E-state index in [-0.39, 0.29) is 5.91 Å². The third-order valence-electron chi connectivity index (χ3n) is 2.85. The number of nitrogens with zero attached hydrogens (tertiary/aromatic N) is 1. The fourth-order valence-electron chi connectivity index (χ4n) is 1.83. The molecule has 0 aliphatic heterocycles. The third-order valence-corrected chi connectivity index (χ3v) is 3.27. The van der Waals surface area contributed by atoms with Crippen molar-refractivity contribution >= 4 is 27.5 Å². The van der Waals surface area contributed by atoms with Crippen molar-refractivity contribution in [3.05, 3.63) is 46.3 Å². The van der Waals surface area contributed by atoms with E-state index >= 15 is 0 Å². The summed E-state index contributed by atoms with van der Waals surface area (Å²) < 4.78 is 11.1. The SMILES string of the molecule is COc1ccc(C(=O)N(C)Cc2ccc(Br)o2)cc1N. The number of furan rings is 1. The second kappa shape index (κ2) is 6.00. The lowest BCUT2D eigenvalue weighted by Gasteiger charge is -2.16. The molecule has 0 spiro atoms. The molecule has 0 bridgehead atoms. The van der Waals surface area contributed by atoms with Crippen LogP contribution in [-0.2, 0) is 6.54 Å². The van der Waals surface area contributed by atoms with E-state index in [1.54, 1.807) is 36.2 Å². The van der Waals surface area contributed by atoms with Crippen LogP contribution in [0.1, 0.15) is 16.1 Å². The molecular weight excluding hydrogens is 324 g/mol. The molecule has 2 N–H and O–H groups in total. The number of nitrogen functional groups attached to an aromatic ring is 1. The Bertz CT molecular complexity index is 625. The smallest absolute Gasteiger partial charge is 0.254 e. The van der Waals surface area contributed by atoms with Crippen LogP contribution in [0.3, 0.4) is 0 Å². The zero-order valence-electron chi connectivity index (χ0n) is 11.2. The van der Waals surface area contributed by atoms with Gasteiger partial charge in [0.1, 0.15) is 11.5 Å². The first-order valence-electron chi connectivity index (χ1n) is 5.94. The van der Waals surface area contributed by atoms with Gasteiger partial charge in [-0.25, -0.2) is 0 Å². The first-order valence-corrected chi connectivity index (χ1v) is 6.73. The molecule has 2 rings (SSSR count). The first kappa shape index (κ1) is 14.5. The van der Waals surface area contributed by atoms with Gasteiger partial charge in [-0.1, -0.05) is 0 Å². The zero-order valence-corrected chi connectivity index (χ0v) is 12.8. The topological polar surface area (TPSA) is 68.7 Å². The van der Waals surface area contributed by atoms with Gasteiger partial charge in [0.05, 0.1) is 19.3 Å². The number of carbonyl (C=O) groups is 1. The van der Waals surface area contributed by atoms with Crippen LogP contribution in [0, 0.1) is 0 Å². The van der Waals surface area contributed by atoms with E-state index in [4.69, 9.17) is 14.9 Å². The Hall–Kier alpha value is -1.95. The largest absolute Gasteiger partial charge is 0.495 e. The van der Waals surface area contributed by atoms with Crippen molar-refractivity contribution < 1.29 is 13.9 Å². The van der Waals surface area contributed by atoms with Gasteiger partial charge in [0.15, 0.2) is 4.67 Å². The van der Waals surface area contributed by atoms with Gasteiger partial charge >= 0.3 is 0 Å². The summed E-state index contributed by atoms with van der Waals surface area (Å²) in [4.78, 5) is 13.8. The molecule has 0 saturated carbocycles. The monoisotopic (exact) mass is 338 g/mol. The summed E-state index contributed by atoms with van der Waals surface area (Å²) >= 11 is 3.23. The number of ether oxygens (including phenoxy) is 1. The van der Waals surface area contributed by atoms with E-state index in [1.165, 1.54) is 7.11 Å². The van der Waals surface area contributed by atoms with Gasteiger partial charge in [-0.2, -0.15) is 0 Å². The molecule has 1 aromatic carbocycles. The number of hydrogen-bond donors (Lipinski definition) is 1. The maximum absolute atomic E-state index is 12.3. The Morgan fingerprint density at radius 2 is 2.15 bits per heavy atom. The summed E-state index contributed by atoms with van der Waals surface area (Å²) in [6.07, 6.45) is 0. The number of benzene rings is 1. The lowest BCUT2D eigenvalue weighted by molar-refractivity contribution is 0.0775. The average molecular weight is 339 g/mol. The van der Waals surface area contributed by atoms with E-state index in [0.717, 1.165) is 0 Å². The van der Waals surface area contributed by atoms with Gasteiger partial charge < -0.3 is 19.8 Å². The van der Waals surface area contributed by atoms with E-state index in [0.29, 0.717) is 34.0 Å². The van der Waals surface area contributed by atoms with Gasteiger partial charge in [-0.3, -0.25) is 4.79 Å². The number of anilines is 1. The zero-order chi connectivity index (χ0) is 14.7. The summed E-state index contributed by atoms with van der Waals surface area (Å²) in [5.41, 5.74) is 6.75. The lowest BCUT2D eigenvalue weighted by atomic mass is 10.1. The maximum atomic E-state index is 12.3. The van der Waals surface area contributed by atoms with E-state index < -0.39 is 0 Å². The summed E-state index contributed by atoms with van der Waals surface area (Å²) in [6.45, 7) is 0.385. The molecule has 20 heavy (non-hydrogen) atoms. The Morgan fingerprint density at radius 3 is 2.70 bits per heavy atom. The molecule has 0 saturated heterocycles. The lowest BCUT2D eigenvalue weighted by Crippen LogP contribution is -2.26. The van der Waals surface area contributed by atoms with E-state index in [9.17, 15) is 4.79 Å². The normalized spacial score (nSPS) is 10.3. The van der Waals surface area contributed by atoms with Crippen LogP contribution in [0.5, 0.6) is 5.75 Å². The number of nitrogens with two attached hydrogens (primary N) is 1. The fraction of sp³-hybridized carbons (Fsp3) is 0.214. The molecule has 0 atom stereocenters. The number of carbonyl (C=O) groups excluding carboxylic acids is 1. The molecule has 106 valence electrons. The minimum Gasteiger partial charge on any atom is -0.495 e. The number of rotatable bonds is 4. The van der Waals surface area contributed by atoms with E-state index in [2.05, 4.69) is 15.9 Å². The first-order chi connectivity index (χ1) is 9.51. The van der Waals surface area contributed by atoms with Gasteiger partial charge in [-0.15, -0.1) is 0 Å². The predicted molar refractivity (Wildman–Crippen MR) is 79.6 cm³/mol. The van der Waals surface area contributed by atoms with Crippen molar-refractivity contribution in [1.29, 1.82) is 0 Å². The van der Waals surface area contributed by atoms with Gasteiger partial charge in [0, 0.05) is 12.6 Å². The van der Waals surface area contributed by atoms with Gasteiger partial charge in [0.2, 0.25) is 0 Å². The summed E-state index contributed by atoms with van der Waals surface area (Å²) in [5.74, 6) is 1.13. The highest BCUT2D eigenvalue weighted by Crippen LogP contribution is 2.23. The average Bonchev–Trinajstić information content (AvgIpc) is 2.83. The van der Waals surface area contributed by atoms with Crippen LogP contribution in [0.25, 0.3) is 0 Å². The van der Waals surface area contributed by atoms with E-state index in [1.807, 2.05) is 6.07 Å². The second-order valence-electron chi connectivity index (χ2n) is 4.32. The Labute approximate surface area is 125 Å². The minimum atomic E-state index is -0.133.